The van der Waals surface area contributed by atoms with Gasteiger partial charge in [0.2, 0.25) is 5.72 Å². The van der Waals surface area contributed by atoms with Gasteiger partial charge in [-0.15, -0.1) is 0 Å². The van der Waals surface area contributed by atoms with E-state index in [1.165, 1.54) is 12.3 Å². The minimum Gasteiger partial charge on any atom is -0.394 e. The molecule has 1 aromatic heterocycles. The highest BCUT2D eigenvalue weighted by Crippen LogP contribution is 2.34. The highest BCUT2D eigenvalue weighted by Gasteiger charge is 2.55. The molecule has 1 fully saturated rings. The van der Waals surface area contributed by atoms with Crippen molar-refractivity contribution >= 4 is 13.6 Å². The van der Waals surface area contributed by atoms with Crippen LogP contribution in [0.1, 0.15) is 0 Å². The van der Waals surface area contributed by atoms with Crippen molar-refractivity contribution in [2.45, 2.75) is 24.0 Å². The topological polar surface area (TPSA) is 229 Å². The van der Waals surface area contributed by atoms with Crippen LogP contribution >= 0.6 is 7.82 Å². The number of anilines is 1. The van der Waals surface area contributed by atoms with Crippen molar-refractivity contribution in [2.24, 2.45) is 0 Å². The molecule has 1 aliphatic heterocycles. The molecule has 0 aromatic carbocycles. The molecule has 0 radical (unpaired) electrons. The molecule has 138 valence electrons. The smallest absolute Gasteiger partial charge is 0.394 e. The minimum absolute atomic E-state index is 0.0268. The van der Waals surface area contributed by atoms with Crippen LogP contribution in [0, 0.1) is 0 Å². The van der Waals surface area contributed by atoms with Gasteiger partial charge in [-0.1, -0.05) is 0 Å². The van der Waals surface area contributed by atoms with Gasteiger partial charge in [0.05, 0.1) is 13.2 Å². The second-order valence-corrected chi connectivity index (χ2v) is 5.82. The first-order chi connectivity index (χ1) is 11.0. The maximum Gasteiger partial charge on any atom is 0.466 e. The van der Waals surface area contributed by atoms with Crippen LogP contribution < -0.4 is 11.4 Å². The number of hydrogen-bond acceptors (Lipinski definition) is 9. The normalized spacial score (nSPS) is 29.9. The van der Waals surface area contributed by atoms with Gasteiger partial charge in [-0.2, -0.15) is 4.98 Å². The third-order valence-electron chi connectivity index (χ3n) is 3.16. The van der Waals surface area contributed by atoms with Crippen LogP contribution in [0.25, 0.3) is 0 Å². The molecule has 0 spiro atoms. The fourth-order valence-electron chi connectivity index (χ4n) is 2.13. The maximum absolute atomic E-state index is 11.8. The van der Waals surface area contributed by atoms with Gasteiger partial charge in [-0.3, -0.25) is 4.57 Å². The van der Waals surface area contributed by atoms with Gasteiger partial charge in [-0.05, 0) is 6.07 Å². The summed E-state index contributed by atoms with van der Waals surface area (Å²) in [7, 11) is -4.64. The number of aliphatic hydroxyl groups is 4. The van der Waals surface area contributed by atoms with Crippen LogP contribution in [-0.2, 0) is 15.0 Å². The molecular formula is C10H18N3O10P. The lowest BCUT2D eigenvalue weighted by atomic mass is 10.0. The highest BCUT2D eigenvalue weighted by atomic mass is 31.2. The molecule has 2 rings (SSSR count). The van der Waals surface area contributed by atoms with E-state index in [1.807, 2.05) is 0 Å². The Bertz CT molecular complexity index is 654. The van der Waals surface area contributed by atoms with Crippen LogP contribution in [-0.4, -0.2) is 76.2 Å². The third-order valence-corrected chi connectivity index (χ3v) is 3.16. The fourth-order valence-corrected chi connectivity index (χ4v) is 2.13. The van der Waals surface area contributed by atoms with Crippen LogP contribution in [0.3, 0.4) is 0 Å². The van der Waals surface area contributed by atoms with E-state index in [0.717, 1.165) is 4.57 Å². The predicted octanol–water partition coefficient (Wildman–Crippen LogP) is -4.35. The van der Waals surface area contributed by atoms with Crippen LogP contribution in [0.4, 0.5) is 5.82 Å². The largest absolute Gasteiger partial charge is 0.466 e. The predicted molar refractivity (Wildman–Crippen MR) is 76.2 cm³/mol. The minimum atomic E-state index is -4.64. The highest BCUT2D eigenvalue weighted by molar-refractivity contribution is 7.45. The van der Waals surface area contributed by atoms with Gasteiger partial charge in [0.1, 0.15) is 24.1 Å². The van der Waals surface area contributed by atoms with Crippen molar-refractivity contribution in [1.29, 1.82) is 0 Å². The molecule has 24 heavy (non-hydrogen) atoms. The maximum atomic E-state index is 11.8. The number of rotatable bonds is 3. The van der Waals surface area contributed by atoms with E-state index in [9.17, 15) is 20.1 Å². The summed E-state index contributed by atoms with van der Waals surface area (Å²) in [6, 6.07) is 1.29. The van der Waals surface area contributed by atoms with Crippen LogP contribution in [0.2, 0.25) is 0 Å². The summed E-state index contributed by atoms with van der Waals surface area (Å²) >= 11 is 0. The average molecular weight is 371 g/mol. The Morgan fingerprint density at radius 3 is 2.25 bits per heavy atom. The lowest BCUT2D eigenvalue weighted by Crippen LogP contribution is -2.53. The third kappa shape index (κ3) is 4.57. The van der Waals surface area contributed by atoms with E-state index < -0.39 is 50.8 Å². The molecule has 0 saturated carbocycles. The zero-order valence-corrected chi connectivity index (χ0v) is 13.0. The Labute approximate surface area is 134 Å². The second-order valence-electron chi connectivity index (χ2n) is 4.80. The summed E-state index contributed by atoms with van der Waals surface area (Å²) in [5.41, 5.74) is 2.60. The molecule has 0 aliphatic carbocycles. The molecule has 9 N–H and O–H groups in total. The Morgan fingerprint density at radius 2 is 1.88 bits per heavy atom. The van der Waals surface area contributed by atoms with E-state index in [2.05, 4.69) is 4.98 Å². The number of ether oxygens (including phenoxy) is 1. The fraction of sp³-hybridized carbons (Fsp3) is 0.600. The van der Waals surface area contributed by atoms with Crippen molar-refractivity contribution < 1.29 is 44.4 Å². The van der Waals surface area contributed by atoms with E-state index in [1.54, 1.807) is 0 Å². The van der Waals surface area contributed by atoms with Crippen molar-refractivity contribution in [3.05, 3.63) is 22.7 Å². The first-order valence-electron chi connectivity index (χ1n) is 6.36. The van der Waals surface area contributed by atoms with E-state index >= 15 is 0 Å². The second kappa shape index (κ2) is 7.65. The molecule has 0 amide bonds. The Kier molecular flexibility index (Phi) is 6.58. The summed E-state index contributed by atoms with van der Waals surface area (Å²) < 4.78 is 15.0. The van der Waals surface area contributed by atoms with Gasteiger partial charge in [0.15, 0.2) is 0 Å². The Morgan fingerprint density at radius 1 is 1.33 bits per heavy atom. The Balaban J connectivity index is 0.000000505. The molecule has 0 bridgehead atoms. The van der Waals surface area contributed by atoms with Gasteiger partial charge in [0, 0.05) is 6.20 Å². The molecule has 14 heteroatoms. The first kappa shape index (κ1) is 20.6. The number of nitrogens with zero attached hydrogens (tertiary/aromatic N) is 2. The summed E-state index contributed by atoms with van der Waals surface area (Å²) in [6.45, 7) is -1.36. The quantitative estimate of drug-likeness (QED) is 0.236. The van der Waals surface area contributed by atoms with E-state index in [-0.39, 0.29) is 5.82 Å². The SMILES string of the molecule is Nc1ccn([C@]2(CO)O[C@H](CO)[C@@H](O)[C@H]2O)c(=O)n1.O=P(O)(O)O. The van der Waals surface area contributed by atoms with Gasteiger partial charge in [-0.25, -0.2) is 9.36 Å². The number of nitrogens with two attached hydrogens (primary N) is 1. The Hall–Kier alpha value is -1.41. The number of phosphoric acid groups is 1. The van der Waals surface area contributed by atoms with E-state index in [4.69, 9.17) is 34.8 Å². The van der Waals surface area contributed by atoms with Gasteiger partial charge >= 0.3 is 13.5 Å². The molecular weight excluding hydrogens is 353 g/mol. The lowest BCUT2D eigenvalue weighted by Gasteiger charge is -2.31. The number of aliphatic hydroxyl groups excluding tert-OH is 4. The number of aromatic nitrogens is 2. The van der Waals surface area contributed by atoms with Crippen molar-refractivity contribution in [1.82, 2.24) is 9.55 Å². The van der Waals surface area contributed by atoms with Crippen molar-refractivity contribution in [3.63, 3.8) is 0 Å². The zero-order valence-electron chi connectivity index (χ0n) is 12.1. The summed E-state index contributed by atoms with van der Waals surface area (Å²) in [6.07, 6.45) is -2.97. The molecule has 1 aliphatic rings. The number of hydrogen-bond donors (Lipinski definition) is 8. The van der Waals surface area contributed by atoms with Crippen molar-refractivity contribution in [2.75, 3.05) is 18.9 Å². The summed E-state index contributed by atoms with van der Waals surface area (Å²) in [5, 5.41) is 38.2. The lowest BCUT2D eigenvalue weighted by molar-refractivity contribution is -0.174. The first-order valence-corrected chi connectivity index (χ1v) is 7.92. The molecule has 4 atom stereocenters. The van der Waals surface area contributed by atoms with Gasteiger partial charge in [0.25, 0.3) is 0 Å². The molecule has 2 heterocycles. The summed E-state index contributed by atoms with van der Waals surface area (Å²) in [5.74, 6) is -0.0268. The molecule has 13 nitrogen and oxygen atoms in total. The van der Waals surface area contributed by atoms with Crippen LogP contribution in [0.5, 0.6) is 0 Å². The standard InChI is InChI=1S/C10H15N3O6.H3O4P/c11-6-1-2-13(9(18)12-6)10(4-15)8(17)7(16)5(3-14)19-10;1-5(2,3)4/h1-2,5,7-8,14-17H,3-4H2,(H2,11,12,18);(H3,1,2,3,4)/t5-,7-,8-,10-;/m1./s1. The molecule has 1 saturated heterocycles. The molecule has 0 unspecified atom stereocenters. The van der Waals surface area contributed by atoms with Crippen LogP contribution in [0.15, 0.2) is 17.1 Å². The zero-order chi connectivity index (χ0) is 18.7. The molecule has 1 aromatic rings. The monoisotopic (exact) mass is 371 g/mol. The van der Waals surface area contributed by atoms with Crippen molar-refractivity contribution in [3.8, 4) is 0 Å². The number of nitrogen functional groups attached to an aromatic ring is 1. The average Bonchev–Trinajstić information content (AvgIpc) is 2.70. The van der Waals surface area contributed by atoms with Gasteiger partial charge < -0.3 is 45.6 Å². The van der Waals surface area contributed by atoms with E-state index in [0.29, 0.717) is 0 Å². The summed E-state index contributed by atoms with van der Waals surface area (Å²) in [4.78, 5) is 36.8.